The van der Waals surface area contributed by atoms with Gasteiger partial charge in [0, 0.05) is 11.6 Å². The molecule has 0 bridgehead atoms. The second kappa shape index (κ2) is 8.21. The average Bonchev–Trinajstić information content (AvgIpc) is 2.41. The first kappa shape index (κ1) is 16.9. The van der Waals surface area contributed by atoms with Gasteiger partial charge < -0.3 is 11.1 Å². The summed E-state index contributed by atoms with van der Waals surface area (Å²) >= 11 is 18.8. The third-order valence-electron chi connectivity index (χ3n) is 3.19. The van der Waals surface area contributed by atoms with E-state index in [9.17, 15) is 0 Å². The molecule has 0 aliphatic rings. The van der Waals surface area contributed by atoms with Gasteiger partial charge in [0.1, 0.15) is 0 Å². The van der Waals surface area contributed by atoms with E-state index in [0.717, 1.165) is 55.6 Å². The number of unbranched alkanes of at least 4 members (excludes halogenated alkanes) is 3. The van der Waals surface area contributed by atoms with Gasteiger partial charge in [0.25, 0.3) is 0 Å². The second-order valence-corrected chi connectivity index (χ2v) is 5.83. The number of nitrogens with one attached hydrogen (secondary N) is 1. The Morgan fingerprint density at radius 1 is 0.842 bits per heavy atom. The zero-order chi connectivity index (χ0) is 14.4. The fraction of sp³-hybridized carbons (Fsp3) is 0.571. The molecule has 0 saturated heterocycles. The summed E-state index contributed by atoms with van der Waals surface area (Å²) in [6.45, 7) is 5.42. The van der Waals surface area contributed by atoms with Crippen molar-refractivity contribution in [2.45, 2.75) is 39.5 Å². The molecule has 0 spiro atoms. The SMILES string of the molecule is Cc1c(Cl)c(C)c(Cl)c(NCCCCCCN)c1Cl. The topological polar surface area (TPSA) is 38.0 Å². The molecule has 0 heterocycles. The summed E-state index contributed by atoms with van der Waals surface area (Å²) in [5, 5.41) is 5.18. The van der Waals surface area contributed by atoms with Gasteiger partial charge >= 0.3 is 0 Å². The molecule has 0 fully saturated rings. The van der Waals surface area contributed by atoms with Crippen molar-refractivity contribution in [2.24, 2.45) is 5.73 Å². The monoisotopic (exact) mass is 322 g/mol. The molecular formula is C14H21Cl3N2. The third kappa shape index (κ3) is 4.42. The van der Waals surface area contributed by atoms with E-state index in [1.807, 2.05) is 13.8 Å². The Labute approximate surface area is 130 Å². The minimum atomic E-state index is 0.613. The molecule has 3 N–H and O–H groups in total. The van der Waals surface area contributed by atoms with Crippen LogP contribution >= 0.6 is 34.8 Å². The first-order chi connectivity index (χ1) is 9.00. The maximum Gasteiger partial charge on any atom is 0.0725 e. The van der Waals surface area contributed by atoms with Gasteiger partial charge in [-0.3, -0.25) is 0 Å². The van der Waals surface area contributed by atoms with Gasteiger partial charge in [-0.15, -0.1) is 0 Å². The summed E-state index contributed by atoms with van der Waals surface area (Å²) in [6.07, 6.45) is 4.48. The minimum absolute atomic E-state index is 0.613. The molecule has 108 valence electrons. The quantitative estimate of drug-likeness (QED) is 0.677. The molecule has 0 unspecified atom stereocenters. The molecule has 5 heteroatoms. The largest absolute Gasteiger partial charge is 0.383 e. The summed E-state index contributed by atoms with van der Waals surface area (Å²) in [5.41, 5.74) is 7.99. The van der Waals surface area contributed by atoms with Gasteiger partial charge in [-0.2, -0.15) is 0 Å². The van der Waals surface area contributed by atoms with Crippen LogP contribution in [0.1, 0.15) is 36.8 Å². The van der Waals surface area contributed by atoms with Crippen LogP contribution in [-0.4, -0.2) is 13.1 Å². The van der Waals surface area contributed by atoms with Crippen LogP contribution in [0, 0.1) is 13.8 Å². The first-order valence-electron chi connectivity index (χ1n) is 6.58. The van der Waals surface area contributed by atoms with E-state index < -0.39 is 0 Å². The van der Waals surface area contributed by atoms with Crippen molar-refractivity contribution in [3.05, 3.63) is 26.2 Å². The predicted molar refractivity (Wildman–Crippen MR) is 87.0 cm³/mol. The summed E-state index contributed by atoms with van der Waals surface area (Å²) in [6, 6.07) is 0. The van der Waals surface area contributed by atoms with Crippen LogP contribution in [0.2, 0.25) is 15.1 Å². The van der Waals surface area contributed by atoms with Crippen LogP contribution < -0.4 is 11.1 Å². The van der Waals surface area contributed by atoms with Crippen molar-refractivity contribution in [2.75, 3.05) is 18.4 Å². The average molecular weight is 324 g/mol. The van der Waals surface area contributed by atoms with E-state index in [4.69, 9.17) is 40.5 Å². The minimum Gasteiger partial charge on any atom is -0.383 e. The highest BCUT2D eigenvalue weighted by atomic mass is 35.5. The van der Waals surface area contributed by atoms with Gasteiger partial charge in [0.05, 0.1) is 15.7 Å². The Bertz CT molecular complexity index is 404. The zero-order valence-electron chi connectivity index (χ0n) is 11.5. The lowest BCUT2D eigenvalue weighted by atomic mass is 10.1. The van der Waals surface area contributed by atoms with Gasteiger partial charge in [0.2, 0.25) is 0 Å². The number of rotatable bonds is 7. The predicted octanol–water partition coefficient (Wildman–Crippen LogP) is 5.19. The van der Waals surface area contributed by atoms with E-state index in [0.29, 0.717) is 15.1 Å². The van der Waals surface area contributed by atoms with Crippen LogP contribution in [0.5, 0.6) is 0 Å². The Hall–Kier alpha value is -0.150. The zero-order valence-corrected chi connectivity index (χ0v) is 13.7. The first-order valence-corrected chi connectivity index (χ1v) is 7.71. The number of benzene rings is 1. The molecule has 2 nitrogen and oxygen atoms in total. The highest BCUT2D eigenvalue weighted by Crippen LogP contribution is 2.40. The smallest absolute Gasteiger partial charge is 0.0725 e. The Morgan fingerprint density at radius 2 is 1.37 bits per heavy atom. The lowest BCUT2D eigenvalue weighted by Gasteiger charge is -2.16. The van der Waals surface area contributed by atoms with Crippen LogP contribution in [0.3, 0.4) is 0 Å². The number of hydrogen-bond donors (Lipinski definition) is 2. The third-order valence-corrected chi connectivity index (χ3v) is 4.70. The Morgan fingerprint density at radius 3 is 1.89 bits per heavy atom. The summed E-state index contributed by atoms with van der Waals surface area (Å²) in [7, 11) is 0. The second-order valence-electron chi connectivity index (χ2n) is 4.70. The van der Waals surface area contributed by atoms with Crippen LogP contribution in [0.25, 0.3) is 0 Å². The molecule has 0 amide bonds. The standard InChI is InChI=1S/C14H21Cl3N2/c1-9-11(15)10(2)13(17)14(12(9)16)19-8-6-4-3-5-7-18/h19H,3-8,18H2,1-2H3. The van der Waals surface area contributed by atoms with Crippen molar-refractivity contribution < 1.29 is 0 Å². The molecule has 1 aromatic rings. The summed E-state index contributed by atoms with van der Waals surface area (Å²) in [5.74, 6) is 0. The highest BCUT2D eigenvalue weighted by molar-refractivity contribution is 6.43. The molecule has 1 aromatic carbocycles. The van der Waals surface area contributed by atoms with Gasteiger partial charge in [-0.1, -0.05) is 47.6 Å². The van der Waals surface area contributed by atoms with Gasteiger partial charge in [-0.05, 0) is 44.4 Å². The number of hydrogen-bond acceptors (Lipinski definition) is 2. The van der Waals surface area contributed by atoms with Gasteiger partial charge in [-0.25, -0.2) is 0 Å². The fourth-order valence-electron chi connectivity index (χ4n) is 1.94. The van der Waals surface area contributed by atoms with E-state index in [2.05, 4.69) is 5.32 Å². The van der Waals surface area contributed by atoms with Crippen molar-refractivity contribution in [3.8, 4) is 0 Å². The highest BCUT2D eigenvalue weighted by Gasteiger charge is 2.15. The maximum atomic E-state index is 6.29. The molecular weight excluding hydrogens is 303 g/mol. The Kier molecular flexibility index (Phi) is 7.30. The van der Waals surface area contributed by atoms with Crippen molar-refractivity contribution in [1.82, 2.24) is 0 Å². The molecule has 0 aromatic heterocycles. The van der Waals surface area contributed by atoms with Crippen molar-refractivity contribution >= 4 is 40.5 Å². The molecule has 19 heavy (non-hydrogen) atoms. The lowest BCUT2D eigenvalue weighted by Crippen LogP contribution is -2.05. The van der Waals surface area contributed by atoms with Crippen LogP contribution in [0.15, 0.2) is 0 Å². The number of halogens is 3. The normalized spacial score (nSPS) is 10.8. The molecule has 0 radical (unpaired) electrons. The maximum absolute atomic E-state index is 6.29. The van der Waals surface area contributed by atoms with E-state index in [1.165, 1.54) is 0 Å². The van der Waals surface area contributed by atoms with E-state index in [-0.39, 0.29) is 0 Å². The number of anilines is 1. The Balaban J connectivity index is 2.64. The van der Waals surface area contributed by atoms with Crippen molar-refractivity contribution in [3.63, 3.8) is 0 Å². The number of nitrogens with two attached hydrogens (primary N) is 1. The molecule has 0 atom stereocenters. The summed E-state index contributed by atoms with van der Waals surface area (Å²) in [4.78, 5) is 0. The van der Waals surface area contributed by atoms with Crippen molar-refractivity contribution in [1.29, 1.82) is 0 Å². The van der Waals surface area contributed by atoms with E-state index in [1.54, 1.807) is 0 Å². The van der Waals surface area contributed by atoms with Crippen LogP contribution in [-0.2, 0) is 0 Å². The summed E-state index contributed by atoms with van der Waals surface area (Å²) < 4.78 is 0. The van der Waals surface area contributed by atoms with E-state index >= 15 is 0 Å². The molecule has 0 aliphatic heterocycles. The lowest BCUT2D eigenvalue weighted by molar-refractivity contribution is 0.661. The molecule has 0 saturated carbocycles. The van der Waals surface area contributed by atoms with Gasteiger partial charge in [0.15, 0.2) is 0 Å². The van der Waals surface area contributed by atoms with Crippen LogP contribution in [0.4, 0.5) is 5.69 Å². The molecule has 0 aliphatic carbocycles. The molecule has 1 rings (SSSR count). The fourth-order valence-corrected chi connectivity index (χ4v) is 2.78.